The van der Waals surface area contributed by atoms with E-state index >= 15 is 0 Å². The number of nitrogens with zero attached hydrogens (tertiary/aromatic N) is 5. The summed E-state index contributed by atoms with van der Waals surface area (Å²) in [6, 6.07) is 1.58. The van der Waals surface area contributed by atoms with Gasteiger partial charge >= 0.3 is 0 Å². The van der Waals surface area contributed by atoms with E-state index in [0.717, 1.165) is 17.3 Å². The minimum Gasteiger partial charge on any atom is -0.367 e. The minimum absolute atomic E-state index is 0.0347. The lowest BCUT2D eigenvalue weighted by Crippen LogP contribution is -2.50. The average molecular weight is 348 g/mol. The molecule has 9 heteroatoms. The number of morpholine rings is 1. The van der Waals surface area contributed by atoms with Gasteiger partial charge in [-0.1, -0.05) is 5.16 Å². The monoisotopic (exact) mass is 348 g/mol. The van der Waals surface area contributed by atoms with Gasteiger partial charge in [-0.15, -0.1) is 0 Å². The number of H-pyrrole nitrogens is 1. The maximum Gasteiger partial charge on any atom is 0.239 e. The summed E-state index contributed by atoms with van der Waals surface area (Å²) >= 11 is 0. The van der Waals surface area contributed by atoms with Crippen LogP contribution in [0.3, 0.4) is 0 Å². The summed E-state index contributed by atoms with van der Waals surface area (Å²) in [7, 11) is 1.78. The minimum atomic E-state index is -0.260. The summed E-state index contributed by atoms with van der Waals surface area (Å²) in [6.07, 6.45) is -0.225. The molecule has 0 bridgehead atoms. The molecule has 2 atom stereocenters. The van der Waals surface area contributed by atoms with E-state index in [2.05, 4.69) is 25.2 Å². The summed E-state index contributed by atoms with van der Waals surface area (Å²) in [6.45, 7) is 7.85. The smallest absolute Gasteiger partial charge is 0.239 e. The number of carbonyl (C=O) groups is 1. The van der Waals surface area contributed by atoms with E-state index < -0.39 is 0 Å². The van der Waals surface area contributed by atoms with Crippen molar-refractivity contribution in [3.8, 4) is 0 Å². The van der Waals surface area contributed by atoms with Crippen molar-refractivity contribution >= 4 is 5.91 Å². The summed E-state index contributed by atoms with van der Waals surface area (Å²) in [5.74, 6) is 2.16. The van der Waals surface area contributed by atoms with Crippen LogP contribution in [0, 0.1) is 13.8 Å². The highest BCUT2D eigenvalue weighted by Gasteiger charge is 2.31. The third kappa shape index (κ3) is 4.05. The second-order valence-electron chi connectivity index (χ2n) is 6.43. The Morgan fingerprint density at radius 3 is 2.96 bits per heavy atom. The van der Waals surface area contributed by atoms with Crippen molar-refractivity contribution in [2.45, 2.75) is 39.5 Å². The van der Waals surface area contributed by atoms with Crippen molar-refractivity contribution in [1.82, 2.24) is 30.1 Å². The van der Waals surface area contributed by atoms with Gasteiger partial charge in [0.1, 0.15) is 23.4 Å². The fraction of sp³-hybridized carbons (Fsp3) is 0.625. The van der Waals surface area contributed by atoms with Crippen LogP contribution in [-0.4, -0.2) is 68.8 Å². The quantitative estimate of drug-likeness (QED) is 0.854. The second-order valence-corrected chi connectivity index (χ2v) is 6.43. The first-order valence-electron chi connectivity index (χ1n) is 8.35. The predicted molar refractivity (Wildman–Crippen MR) is 88.6 cm³/mol. The van der Waals surface area contributed by atoms with Crippen molar-refractivity contribution in [3.05, 3.63) is 29.2 Å². The predicted octanol–water partition coefficient (Wildman–Crippen LogP) is 0.830. The van der Waals surface area contributed by atoms with E-state index in [-0.39, 0.29) is 18.1 Å². The molecule has 1 amide bonds. The van der Waals surface area contributed by atoms with Gasteiger partial charge in [0, 0.05) is 26.2 Å². The molecule has 25 heavy (non-hydrogen) atoms. The molecule has 0 saturated carbocycles. The van der Waals surface area contributed by atoms with Crippen molar-refractivity contribution in [2.75, 3.05) is 26.7 Å². The zero-order chi connectivity index (χ0) is 18.0. The highest BCUT2D eigenvalue weighted by molar-refractivity contribution is 5.81. The Morgan fingerprint density at radius 2 is 2.32 bits per heavy atom. The Labute approximate surface area is 146 Å². The number of ether oxygens (including phenoxy) is 1. The number of rotatable bonds is 5. The van der Waals surface area contributed by atoms with Crippen molar-refractivity contribution in [1.29, 1.82) is 0 Å². The number of hydrogen-bond donors (Lipinski definition) is 1. The van der Waals surface area contributed by atoms with E-state index in [4.69, 9.17) is 9.26 Å². The van der Waals surface area contributed by atoms with E-state index in [1.165, 1.54) is 0 Å². The maximum atomic E-state index is 12.7. The fourth-order valence-corrected chi connectivity index (χ4v) is 2.97. The molecular weight excluding hydrogens is 324 g/mol. The number of aromatic amines is 1. The lowest BCUT2D eigenvalue weighted by molar-refractivity contribution is -0.139. The van der Waals surface area contributed by atoms with Crippen LogP contribution in [0.15, 0.2) is 10.6 Å². The summed E-state index contributed by atoms with van der Waals surface area (Å²) in [4.78, 5) is 20.9. The van der Waals surface area contributed by atoms with Gasteiger partial charge in [0.25, 0.3) is 0 Å². The van der Waals surface area contributed by atoms with Crippen LogP contribution in [0.1, 0.15) is 36.1 Å². The molecule has 3 rings (SSSR count). The molecular formula is C16H24N6O3. The van der Waals surface area contributed by atoms with Gasteiger partial charge in [0.15, 0.2) is 5.82 Å². The van der Waals surface area contributed by atoms with Crippen LogP contribution >= 0.6 is 0 Å². The van der Waals surface area contributed by atoms with Crippen molar-refractivity contribution < 1.29 is 14.1 Å². The largest absolute Gasteiger partial charge is 0.367 e. The number of amides is 1. The third-order valence-corrected chi connectivity index (χ3v) is 4.36. The number of hydrogen-bond acceptors (Lipinski definition) is 7. The van der Waals surface area contributed by atoms with Crippen molar-refractivity contribution in [3.63, 3.8) is 0 Å². The lowest BCUT2D eigenvalue weighted by atomic mass is 10.1. The Bertz CT molecular complexity index is 727. The Morgan fingerprint density at radius 1 is 1.52 bits per heavy atom. The topological polar surface area (TPSA) is 100 Å². The SMILES string of the molecule is Cc1nc([C@H]2CN([C@@H](C)C(=O)N(C)Cc3cc(C)on3)CCO2)n[nH]1. The van der Waals surface area contributed by atoms with Crippen LogP contribution in [-0.2, 0) is 16.1 Å². The molecule has 2 aromatic rings. The standard InChI is InChI=1S/C16H24N6O3/c1-10-7-13(20-25-10)8-21(4)16(23)11(2)22-5-6-24-14(9-22)15-17-12(3)18-19-15/h7,11,14H,5-6,8-9H2,1-4H3,(H,17,18,19)/t11-,14+/m0/s1. The molecule has 0 aromatic carbocycles. The number of aryl methyl sites for hydroxylation is 2. The molecule has 1 N–H and O–H groups in total. The Balaban J connectivity index is 1.60. The molecule has 0 radical (unpaired) electrons. The van der Waals surface area contributed by atoms with E-state index in [1.807, 2.05) is 26.8 Å². The number of nitrogens with one attached hydrogen (secondary N) is 1. The zero-order valence-corrected chi connectivity index (χ0v) is 15.0. The van der Waals surface area contributed by atoms with Gasteiger partial charge in [-0.2, -0.15) is 5.10 Å². The highest BCUT2D eigenvalue weighted by atomic mass is 16.5. The van der Waals surface area contributed by atoms with Gasteiger partial charge in [-0.05, 0) is 20.8 Å². The first kappa shape index (κ1) is 17.6. The number of aromatic nitrogens is 4. The van der Waals surface area contributed by atoms with Gasteiger partial charge in [0.05, 0.1) is 19.2 Å². The Hall–Kier alpha value is -2.26. The van der Waals surface area contributed by atoms with Crippen LogP contribution in [0.5, 0.6) is 0 Å². The van der Waals surface area contributed by atoms with Gasteiger partial charge in [-0.3, -0.25) is 14.8 Å². The molecule has 1 aliphatic heterocycles. The molecule has 9 nitrogen and oxygen atoms in total. The molecule has 1 aliphatic rings. The van der Waals surface area contributed by atoms with E-state index in [1.54, 1.807) is 11.9 Å². The first-order valence-corrected chi connectivity index (χ1v) is 8.35. The molecule has 0 unspecified atom stereocenters. The zero-order valence-electron chi connectivity index (χ0n) is 15.0. The van der Waals surface area contributed by atoms with E-state index in [0.29, 0.717) is 32.1 Å². The van der Waals surface area contributed by atoms with Gasteiger partial charge in [0.2, 0.25) is 5.91 Å². The third-order valence-electron chi connectivity index (χ3n) is 4.36. The molecule has 136 valence electrons. The molecule has 3 heterocycles. The number of carbonyl (C=O) groups excluding carboxylic acids is 1. The number of likely N-dealkylation sites (N-methyl/N-ethyl adjacent to an activating group) is 1. The molecule has 0 spiro atoms. The first-order chi connectivity index (χ1) is 11.9. The lowest BCUT2D eigenvalue weighted by Gasteiger charge is -2.36. The van der Waals surface area contributed by atoms with Gasteiger partial charge < -0.3 is 14.2 Å². The van der Waals surface area contributed by atoms with Crippen LogP contribution in [0.4, 0.5) is 0 Å². The normalized spacial score (nSPS) is 19.8. The van der Waals surface area contributed by atoms with Crippen LogP contribution < -0.4 is 0 Å². The second kappa shape index (κ2) is 7.32. The van der Waals surface area contributed by atoms with Crippen LogP contribution in [0.2, 0.25) is 0 Å². The summed E-state index contributed by atoms with van der Waals surface area (Å²) in [5, 5.41) is 10.9. The molecule has 2 aromatic heterocycles. The van der Waals surface area contributed by atoms with Crippen molar-refractivity contribution in [2.24, 2.45) is 0 Å². The van der Waals surface area contributed by atoms with Gasteiger partial charge in [-0.25, -0.2) is 4.98 Å². The van der Waals surface area contributed by atoms with E-state index in [9.17, 15) is 4.79 Å². The average Bonchev–Trinajstić information content (AvgIpc) is 3.22. The fourth-order valence-electron chi connectivity index (χ4n) is 2.97. The van der Waals surface area contributed by atoms with Crippen LogP contribution in [0.25, 0.3) is 0 Å². The molecule has 0 aliphatic carbocycles. The maximum absolute atomic E-state index is 12.7. The molecule has 1 fully saturated rings. The summed E-state index contributed by atoms with van der Waals surface area (Å²) < 4.78 is 10.8. The highest BCUT2D eigenvalue weighted by Crippen LogP contribution is 2.21. The Kier molecular flexibility index (Phi) is 5.14. The molecule has 1 saturated heterocycles. The summed E-state index contributed by atoms with van der Waals surface area (Å²) in [5.41, 5.74) is 0.747.